The summed E-state index contributed by atoms with van der Waals surface area (Å²) >= 11 is 0. The quantitative estimate of drug-likeness (QED) is 0.439. The van der Waals surface area contributed by atoms with E-state index in [0.717, 1.165) is 5.69 Å². The maximum absolute atomic E-state index is 4.79. The average molecular weight is 369 g/mol. The zero-order valence-corrected chi connectivity index (χ0v) is 16.6. The molecule has 28 heavy (non-hydrogen) atoms. The van der Waals surface area contributed by atoms with Crippen LogP contribution in [0.3, 0.4) is 0 Å². The van der Waals surface area contributed by atoms with E-state index in [-0.39, 0.29) is 0 Å². The number of aryl methyl sites for hydroxylation is 2. The zero-order chi connectivity index (χ0) is 19.1. The van der Waals surface area contributed by atoms with Gasteiger partial charge in [0.1, 0.15) is 5.69 Å². The van der Waals surface area contributed by atoms with Gasteiger partial charge in [-0.05, 0) is 67.1 Å². The number of rotatable bonds is 3. The molecule has 140 valence electrons. The smallest absolute Gasteiger partial charge is 0.249 e. The molecule has 2 aromatic heterocycles. The largest absolute Gasteiger partial charge is 0.256 e. The molecular formula is C25H26N3+. The number of fused-ring (bicyclic) bond motifs is 1. The Hall–Kier alpha value is -2.94. The van der Waals surface area contributed by atoms with Gasteiger partial charge in [0.15, 0.2) is 11.0 Å². The van der Waals surface area contributed by atoms with E-state index in [1.54, 1.807) is 0 Å². The molecular weight excluding hydrogens is 342 g/mol. The molecule has 3 nitrogen and oxygen atoms in total. The number of imidazole rings is 1. The van der Waals surface area contributed by atoms with E-state index in [1.165, 1.54) is 59.1 Å². The number of nitrogens with zero attached hydrogens (tertiary/aromatic N) is 3. The Morgan fingerprint density at radius 1 is 1.00 bits per heavy atom. The molecule has 2 heterocycles. The minimum Gasteiger partial charge on any atom is -0.256 e. The third kappa shape index (κ3) is 2.82. The van der Waals surface area contributed by atoms with Crippen molar-refractivity contribution < 1.29 is 4.57 Å². The normalized spacial score (nSPS) is 14.8. The molecule has 3 heteroatoms. The van der Waals surface area contributed by atoms with Crippen molar-refractivity contribution in [1.82, 2.24) is 9.55 Å². The Kier molecular flexibility index (Phi) is 4.23. The van der Waals surface area contributed by atoms with Gasteiger partial charge in [0.25, 0.3) is 0 Å². The summed E-state index contributed by atoms with van der Waals surface area (Å²) < 4.78 is 4.53. The predicted molar refractivity (Wildman–Crippen MR) is 114 cm³/mol. The van der Waals surface area contributed by atoms with Gasteiger partial charge in [-0.1, -0.05) is 37.1 Å². The van der Waals surface area contributed by atoms with E-state index < -0.39 is 0 Å². The van der Waals surface area contributed by atoms with Crippen molar-refractivity contribution in [2.45, 2.75) is 38.5 Å². The van der Waals surface area contributed by atoms with Crippen LogP contribution in [0.15, 0.2) is 67.1 Å². The van der Waals surface area contributed by atoms with Crippen molar-refractivity contribution in [3.63, 3.8) is 0 Å². The Labute approximate surface area is 166 Å². The lowest BCUT2D eigenvalue weighted by atomic mass is 9.89. The van der Waals surface area contributed by atoms with Gasteiger partial charge in [0.2, 0.25) is 6.33 Å². The molecule has 0 spiro atoms. The molecule has 0 bridgehead atoms. The summed E-state index contributed by atoms with van der Waals surface area (Å²) in [7, 11) is 2.12. The first-order valence-corrected chi connectivity index (χ1v) is 10.2. The van der Waals surface area contributed by atoms with Gasteiger partial charge in [-0.15, -0.1) is 0 Å². The van der Waals surface area contributed by atoms with Gasteiger partial charge in [-0.2, -0.15) is 4.57 Å². The van der Waals surface area contributed by atoms with Crippen LogP contribution in [0.4, 0.5) is 0 Å². The zero-order valence-electron chi connectivity index (χ0n) is 16.6. The van der Waals surface area contributed by atoms with Gasteiger partial charge >= 0.3 is 0 Å². The van der Waals surface area contributed by atoms with E-state index >= 15 is 0 Å². The summed E-state index contributed by atoms with van der Waals surface area (Å²) in [5.74, 6) is 0.632. The maximum Gasteiger partial charge on any atom is 0.249 e. The van der Waals surface area contributed by atoms with Crippen LogP contribution >= 0.6 is 0 Å². The average Bonchev–Trinajstić information content (AvgIpc) is 3.36. The minimum atomic E-state index is 0.632. The van der Waals surface area contributed by atoms with Crippen molar-refractivity contribution in [1.29, 1.82) is 0 Å². The van der Waals surface area contributed by atoms with E-state index in [4.69, 9.17) is 4.98 Å². The Balaban J connectivity index is 1.81. The lowest BCUT2D eigenvalue weighted by Gasteiger charge is -2.17. The lowest BCUT2D eigenvalue weighted by molar-refractivity contribution is -0.645. The van der Waals surface area contributed by atoms with E-state index in [0.29, 0.717) is 5.92 Å². The lowest BCUT2D eigenvalue weighted by Crippen LogP contribution is -2.25. The first-order chi connectivity index (χ1) is 13.7. The highest BCUT2D eigenvalue weighted by molar-refractivity contribution is 5.80. The Morgan fingerprint density at radius 2 is 1.82 bits per heavy atom. The summed E-state index contributed by atoms with van der Waals surface area (Å²) in [4.78, 5) is 4.79. The van der Waals surface area contributed by atoms with Crippen LogP contribution in [-0.4, -0.2) is 9.55 Å². The van der Waals surface area contributed by atoms with Gasteiger partial charge < -0.3 is 0 Å². The van der Waals surface area contributed by atoms with E-state index in [1.807, 2.05) is 6.20 Å². The number of aromatic nitrogens is 3. The number of hydrogen-bond acceptors (Lipinski definition) is 1. The summed E-state index contributed by atoms with van der Waals surface area (Å²) in [5.41, 5.74) is 8.75. The van der Waals surface area contributed by atoms with Crippen molar-refractivity contribution in [3.05, 3.63) is 78.2 Å². The van der Waals surface area contributed by atoms with Crippen LogP contribution in [0.2, 0.25) is 0 Å². The predicted octanol–water partition coefficient (Wildman–Crippen LogP) is 5.48. The van der Waals surface area contributed by atoms with Crippen LogP contribution in [0, 0.1) is 6.92 Å². The molecule has 0 unspecified atom stereocenters. The number of hydrogen-bond donors (Lipinski definition) is 0. The van der Waals surface area contributed by atoms with Gasteiger partial charge in [0.05, 0.1) is 18.3 Å². The first kappa shape index (κ1) is 17.2. The van der Waals surface area contributed by atoms with Crippen molar-refractivity contribution in [2.24, 2.45) is 7.05 Å². The second-order valence-electron chi connectivity index (χ2n) is 8.03. The van der Waals surface area contributed by atoms with Crippen molar-refractivity contribution in [3.8, 4) is 16.9 Å². The van der Waals surface area contributed by atoms with E-state index in [9.17, 15) is 0 Å². The highest BCUT2D eigenvalue weighted by atomic mass is 15.1. The molecule has 0 N–H and O–H groups in total. The minimum absolute atomic E-state index is 0.632. The number of para-hydroxylation sites is 2. The Bertz CT molecular complexity index is 1150. The maximum atomic E-state index is 4.79. The van der Waals surface area contributed by atoms with Crippen LogP contribution in [0.25, 0.3) is 28.0 Å². The van der Waals surface area contributed by atoms with Gasteiger partial charge in [-0.25, -0.2) is 4.57 Å². The molecule has 4 aromatic rings. The second kappa shape index (κ2) is 6.90. The molecule has 5 rings (SSSR count). The third-order valence-electron chi connectivity index (χ3n) is 6.11. The van der Waals surface area contributed by atoms with Crippen LogP contribution in [-0.2, 0) is 7.05 Å². The SMILES string of the molecule is Cc1ccnc(-c2c(C3CCCC3)cccc2-n2c[n+](C)c3ccccc32)c1. The molecule has 0 aliphatic heterocycles. The van der Waals surface area contributed by atoms with Gasteiger partial charge in [0, 0.05) is 6.20 Å². The summed E-state index contributed by atoms with van der Waals surface area (Å²) in [6.45, 7) is 2.15. The summed E-state index contributed by atoms with van der Waals surface area (Å²) in [5, 5.41) is 0. The Morgan fingerprint density at radius 3 is 2.64 bits per heavy atom. The van der Waals surface area contributed by atoms with Crippen LogP contribution in [0.5, 0.6) is 0 Å². The fourth-order valence-electron chi connectivity index (χ4n) is 4.74. The number of pyridine rings is 1. The highest BCUT2D eigenvalue weighted by Crippen LogP contribution is 2.41. The van der Waals surface area contributed by atoms with Gasteiger partial charge in [-0.3, -0.25) is 4.98 Å². The molecule has 1 aliphatic carbocycles. The molecule has 1 aliphatic rings. The van der Waals surface area contributed by atoms with Crippen molar-refractivity contribution in [2.75, 3.05) is 0 Å². The second-order valence-corrected chi connectivity index (χ2v) is 8.03. The number of benzene rings is 2. The molecule has 2 aromatic carbocycles. The molecule has 1 saturated carbocycles. The molecule has 0 radical (unpaired) electrons. The fraction of sp³-hybridized carbons (Fsp3) is 0.280. The third-order valence-corrected chi connectivity index (χ3v) is 6.11. The van der Waals surface area contributed by atoms with Crippen LogP contribution in [0.1, 0.15) is 42.7 Å². The summed E-state index contributed by atoms with van der Waals surface area (Å²) in [6, 6.07) is 19.7. The molecule has 0 saturated heterocycles. The fourth-order valence-corrected chi connectivity index (χ4v) is 4.74. The monoisotopic (exact) mass is 368 g/mol. The topological polar surface area (TPSA) is 21.7 Å². The van der Waals surface area contributed by atoms with Crippen LogP contribution < -0.4 is 4.57 Å². The highest BCUT2D eigenvalue weighted by Gasteiger charge is 2.26. The van der Waals surface area contributed by atoms with Crippen molar-refractivity contribution >= 4 is 11.0 Å². The molecule has 1 fully saturated rings. The first-order valence-electron chi connectivity index (χ1n) is 10.2. The molecule has 0 atom stereocenters. The molecule has 0 amide bonds. The standard InChI is InChI=1S/C25H26N3/c1-18-14-15-26-21(16-18)25-20(19-8-3-4-9-19)10-7-13-24(25)28-17-27(2)22-11-5-6-12-23(22)28/h5-7,10-17,19H,3-4,8-9H2,1-2H3/q+1. The van der Waals surface area contributed by atoms with E-state index in [2.05, 4.69) is 84.0 Å². The summed E-state index contributed by atoms with van der Waals surface area (Å²) in [6.07, 6.45) is 9.35.